The second kappa shape index (κ2) is 10.4. The van der Waals surface area contributed by atoms with E-state index in [9.17, 15) is 9.59 Å². The lowest BCUT2D eigenvalue weighted by Gasteiger charge is -2.36. The predicted molar refractivity (Wildman–Crippen MR) is 108 cm³/mol. The Labute approximate surface area is 163 Å². The van der Waals surface area contributed by atoms with Crippen molar-refractivity contribution in [3.63, 3.8) is 0 Å². The van der Waals surface area contributed by atoms with Gasteiger partial charge in [0.25, 0.3) is 0 Å². The minimum Gasteiger partial charge on any atom is -0.348 e. The van der Waals surface area contributed by atoms with Crippen LogP contribution in [0.15, 0.2) is 24.3 Å². The summed E-state index contributed by atoms with van der Waals surface area (Å²) in [6, 6.07) is 8.47. The SMILES string of the molecule is CCCN(CC(=O)N(C)C)CC(=O)N1CCN(Cc2ccccc2C)CC1. The average molecular weight is 375 g/mol. The van der Waals surface area contributed by atoms with Crippen LogP contribution >= 0.6 is 0 Å². The minimum atomic E-state index is 0.0410. The summed E-state index contributed by atoms with van der Waals surface area (Å²) in [5.74, 6) is 0.171. The van der Waals surface area contributed by atoms with Crippen LogP contribution in [0.2, 0.25) is 0 Å². The number of hydrogen-bond donors (Lipinski definition) is 0. The van der Waals surface area contributed by atoms with Crippen molar-refractivity contribution < 1.29 is 9.59 Å². The van der Waals surface area contributed by atoms with Crippen LogP contribution in [0.4, 0.5) is 0 Å². The number of carbonyl (C=O) groups is 2. The number of rotatable bonds is 8. The van der Waals surface area contributed by atoms with Crippen LogP contribution in [0.25, 0.3) is 0 Å². The third kappa shape index (κ3) is 6.63. The van der Waals surface area contributed by atoms with E-state index in [2.05, 4.69) is 43.0 Å². The Kier molecular flexibility index (Phi) is 8.25. The molecule has 0 aliphatic carbocycles. The van der Waals surface area contributed by atoms with Crippen LogP contribution < -0.4 is 0 Å². The Hall–Kier alpha value is -1.92. The van der Waals surface area contributed by atoms with Crippen molar-refractivity contribution in [1.82, 2.24) is 19.6 Å². The van der Waals surface area contributed by atoms with Gasteiger partial charge in [0.15, 0.2) is 0 Å². The van der Waals surface area contributed by atoms with E-state index in [0.717, 1.165) is 45.7 Å². The van der Waals surface area contributed by atoms with Gasteiger partial charge in [-0.05, 0) is 31.0 Å². The van der Waals surface area contributed by atoms with Crippen LogP contribution in [0.5, 0.6) is 0 Å². The molecular weight excluding hydrogens is 340 g/mol. The third-order valence-corrected chi connectivity index (χ3v) is 5.14. The largest absolute Gasteiger partial charge is 0.348 e. The van der Waals surface area contributed by atoms with Crippen molar-refractivity contribution in [2.24, 2.45) is 0 Å². The quantitative estimate of drug-likeness (QED) is 0.691. The lowest BCUT2D eigenvalue weighted by molar-refractivity contribution is -0.136. The van der Waals surface area contributed by atoms with E-state index in [0.29, 0.717) is 13.1 Å². The van der Waals surface area contributed by atoms with Crippen LogP contribution in [-0.2, 0) is 16.1 Å². The Morgan fingerprint density at radius 1 is 1.04 bits per heavy atom. The molecule has 1 aromatic rings. The molecule has 0 aromatic heterocycles. The van der Waals surface area contributed by atoms with Gasteiger partial charge in [-0.1, -0.05) is 31.2 Å². The maximum absolute atomic E-state index is 12.7. The Balaban J connectivity index is 1.82. The van der Waals surface area contributed by atoms with Crippen molar-refractivity contribution in [3.8, 4) is 0 Å². The summed E-state index contributed by atoms with van der Waals surface area (Å²) < 4.78 is 0. The van der Waals surface area contributed by atoms with E-state index in [-0.39, 0.29) is 11.8 Å². The topological polar surface area (TPSA) is 47.1 Å². The van der Waals surface area contributed by atoms with E-state index in [4.69, 9.17) is 0 Å². The van der Waals surface area contributed by atoms with Crippen molar-refractivity contribution >= 4 is 11.8 Å². The van der Waals surface area contributed by atoms with Gasteiger partial charge in [-0.3, -0.25) is 19.4 Å². The van der Waals surface area contributed by atoms with Gasteiger partial charge in [-0.25, -0.2) is 0 Å². The molecule has 0 spiro atoms. The molecule has 1 aliphatic heterocycles. The standard InChI is InChI=1S/C21H34N4O2/c1-5-10-24(16-20(26)22(3)4)17-21(27)25-13-11-23(12-14-25)15-19-9-7-6-8-18(19)2/h6-9H,5,10-17H2,1-4H3. The molecule has 1 saturated heterocycles. The summed E-state index contributed by atoms with van der Waals surface area (Å²) in [4.78, 5) is 32.6. The summed E-state index contributed by atoms with van der Waals surface area (Å²) in [5, 5.41) is 0. The molecule has 1 aliphatic rings. The van der Waals surface area contributed by atoms with Crippen molar-refractivity contribution in [2.45, 2.75) is 26.8 Å². The number of aryl methyl sites for hydroxylation is 1. The van der Waals surface area contributed by atoms with Gasteiger partial charge in [0.2, 0.25) is 11.8 Å². The molecule has 150 valence electrons. The van der Waals surface area contributed by atoms with Crippen molar-refractivity contribution in [1.29, 1.82) is 0 Å². The zero-order chi connectivity index (χ0) is 19.8. The maximum Gasteiger partial charge on any atom is 0.236 e. The molecule has 2 rings (SSSR count). The fraction of sp³-hybridized carbons (Fsp3) is 0.619. The summed E-state index contributed by atoms with van der Waals surface area (Å²) in [6.45, 7) is 9.85. The lowest BCUT2D eigenvalue weighted by Crippen LogP contribution is -2.51. The molecule has 0 atom stereocenters. The van der Waals surface area contributed by atoms with Crippen LogP contribution in [-0.4, -0.2) is 91.3 Å². The molecule has 0 N–H and O–H groups in total. The highest BCUT2D eigenvalue weighted by molar-refractivity contribution is 5.81. The molecule has 6 heteroatoms. The zero-order valence-electron chi connectivity index (χ0n) is 17.3. The fourth-order valence-corrected chi connectivity index (χ4v) is 3.34. The monoisotopic (exact) mass is 374 g/mol. The Morgan fingerprint density at radius 2 is 1.70 bits per heavy atom. The number of piperazine rings is 1. The van der Waals surface area contributed by atoms with E-state index in [1.807, 2.05) is 9.80 Å². The van der Waals surface area contributed by atoms with Gasteiger partial charge < -0.3 is 9.80 Å². The predicted octanol–water partition coefficient (Wildman–Crippen LogP) is 1.44. The Bertz CT molecular complexity index is 624. The zero-order valence-corrected chi connectivity index (χ0v) is 17.3. The molecule has 6 nitrogen and oxygen atoms in total. The van der Waals surface area contributed by atoms with Gasteiger partial charge in [0.1, 0.15) is 0 Å². The molecule has 2 amide bonds. The molecule has 27 heavy (non-hydrogen) atoms. The summed E-state index contributed by atoms with van der Waals surface area (Å²) in [6.07, 6.45) is 0.929. The number of hydrogen-bond acceptors (Lipinski definition) is 4. The Morgan fingerprint density at radius 3 is 2.30 bits per heavy atom. The molecule has 1 aromatic carbocycles. The van der Waals surface area contributed by atoms with Crippen LogP contribution in [0.1, 0.15) is 24.5 Å². The maximum atomic E-state index is 12.7. The van der Waals surface area contributed by atoms with Crippen LogP contribution in [0, 0.1) is 6.92 Å². The van der Waals surface area contributed by atoms with Gasteiger partial charge >= 0.3 is 0 Å². The van der Waals surface area contributed by atoms with Crippen molar-refractivity contribution in [3.05, 3.63) is 35.4 Å². The van der Waals surface area contributed by atoms with Crippen molar-refractivity contribution in [2.75, 3.05) is 59.9 Å². The van der Waals surface area contributed by atoms with E-state index in [1.54, 1.807) is 19.0 Å². The highest BCUT2D eigenvalue weighted by Gasteiger charge is 2.23. The molecular formula is C21H34N4O2. The summed E-state index contributed by atoms with van der Waals surface area (Å²) >= 11 is 0. The molecule has 0 bridgehead atoms. The van der Waals surface area contributed by atoms with Gasteiger partial charge in [-0.15, -0.1) is 0 Å². The number of amides is 2. The second-order valence-corrected chi connectivity index (χ2v) is 7.58. The first kappa shape index (κ1) is 21.4. The normalized spacial score (nSPS) is 15.2. The molecule has 1 fully saturated rings. The number of benzene rings is 1. The number of carbonyl (C=O) groups excluding carboxylic acids is 2. The fourth-order valence-electron chi connectivity index (χ4n) is 3.34. The highest BCUT2D eigenvalue weighted by atomic mass is 16.2. The van der Waals surface area contributed by atoms with Gasteiger partial charge in [-0.2, -0.15) is 0 Å². The number of nitrogens with zero attached hydrogens (tertiary/aromatic N) is 4. The highest BCUT2D eigenvalue weighted by Crippen LogP contribution is 2.12. The van der Waals surface area contributed by atoms with Gasteiger partial charge in [0.05, 0.1) is 13.1 Å². The molecule has 0 radical (unpaired) electrons. The summed E-state index contributed by atoms with van der Waals surface area (Å²) in [5.41, 5.74) is 2.67. The smallest absolute Gasteiger partial charge is 0.236 e. The molecule has 0 saturated carbocycles. The molecule has 1 heterocycles. The first-order valence-electron chi connectivity index (χ1n) is 9.87. The first-order valence-corrected chi connectivity index (χ1v) is 9.87. The van der Waals surface area contributed by atoms with E-state index >= 15 is 0 Å². The third-order valence-electron chi connectivity index (χ3n) is 5.14. The second-order valence-electron chi connectivity index (χ2n) is 7.58. The first-order chi connectivity index (χ1) is 12.9. The average Bonchev–Trinajstić information content (AvgIpc) is 2.64. The van der Waals surface area contributed by atoms with E-state index < -0.39 is 0 Å². The van der Waals surface area contributed by atoms with Gasteiger partial charge in [0, 0.05) is 46.8 Å². The molecule has 0 unspecified atom stereocenters. The number of likely N-dealkylation sites (N-methyl/N-ethyl adjacent to an activating group) is 1. The van der Waals surface area contributed by atoms with Crippen LogP contribution in [0.3, 0.4) is 0 Å². The lowest BCUT2D eigenvalue weighted by atomic mass is 10.1. The summed E-state index contributed by atoms with van der Waals surface area (Å²) in [7, 11) is 3.50. The van der Waals surface area contributed by atoms with E-state index in [1.165, 1.54) is 11.1 Å². The minimum absolute atomic E-state index is 0.0410.